The molecule has 1 N–H and O–H groups in total. The Balaban J connectivity index is 2.65. The zero-order valence-electron chi connectivity index (χ0n) is 15.1. The van der Waals surface area contributed by atoms with E-state index in [1.54, 1.807) is 25.1 Å². The van der Waals surface area contributed by atoms with Crippen LogP contribution in [0.4, 0.5) is 0 Å². The first-order valence-electron chi connectivity index (χ1n) is 8.08. The molecule has 0 amide bonds. The highest BCUT2D eigenvalue weighted by Gasteiger charge is 2.25. The average Bonchev–Trinajstić information content (AvgIpc) is 2.65. The zero-order chi connectivity index (χ0) is 20.1. The van der Waals surface area contributed by atoms with Gasteiger partial charge in [0.05, 0.1) is 31.0 Å². The molecule has 0 radical (unpaired) electrons. The summed E-state index contributed by atoms with van der Waals surface area (Å²) in [5.41, 5.74) is 0.577. The second-order valence-corrected chi connectivity index (χ2v) is 6.38. The number of methoxy groups -OCH3 is 2. The molecule has 0 aliphatic heterocycles. The van der Waals surface area contributed by atoms with Crippen LogP contribution in [0.2, 0.25) is 5.02 Å². The molecular weight excluding hydrogens is 372 g/mol. The van der Waals surface area contributed by atoms with Crippen molar-refractivity contribution in [2.24, 2.45) is 0 Å². The molecule has 1 aromatic carbocycles. The molecule has 2 rings (SSSR count). The highest BCUT2D eigenvalue weighted by Crippen LogP contribution is 2.33. The largest absolute Gasteiger partial charge is 0.495 e. The molecule has 1 unspecified atom stereocenters. The van der Waals surface area contributed by atoms with Crippen LogP contribution >= 0.6 is 11.6 Å². The van der Waals surface area contributed by atoms with Gasteiger partial charge in [0, 0.05) is 35.7 Å². The van der Waals surface area contributed by atoms with Crippen molar-refractivity contribution in [3.05, 3.63) is 51.4 Å². The SMILES string of the molecule is COc1cn(C(C[C@H](C)OC)C(=O)O)c(=O)cc1-c1cc(Cl)ccc1C#N. The number of rotatable bonds is 7. The van der Waals surface area contributed by atoms with E-state index < -0.39 is 17.6 Å². The van der Waals surface area contributed by atoms with Crippen LogP contribution < -0.4 is 10.3 Å². The third kappa shape index (κ3) is 4.48. The number of nitriles is 1. The van der Waals surface area contributed by atoms with E-state index in [0.29, 0.717) is 21.7 Å². The first-order chi connectivity index (χ1) is 12.8. The fraction of sp³-hybridized carbons (Fsp3) is 0.316. The molecule has 0 bridgehead atoms. The Kier molecular flexibility index (Phi) is 6.61. The minimum absolute atomic E-state index is 0.106. The van der Waals surface area contributed by atoms with Gasteiger partial charge >= 0.3 is 5.97 Å². The zero-order valence-corrected chi connectivity index (χ0v) is 15.9. The van der Waals surface area contributed by atoms with E-state index in [4.69, 9.17) is 21.1 Å². The number of halogens is 1. The Labute approximate surface area is 161 Å². The van der Waals surface area contributed by atoms with Crippen molar-refractivity contribution in [2.45, 2.75) is 25.5 Å². The van der Waals surface area contributed by atoms with Crippen LogP contribution in [0.15, 0.2) is 35.3 Å². The van der Waals surface area contributed by atoms with E-state index in [-0.39, 0.29) is 18.3 Å². The van der Waals surface area contributed by atoms with Crippen molar-refractivity contribution in [1.82, 2.24) is 4.57 Å². The Morgan fingerprint density at radius 2 is 2.04 bits per heavy atom. The molecule has 0 spiro atoms. The highest BCUT2D eigenvalue weighted by molar-refractivity contribution is 6.31. The Hall–Kier alpha value is -2.82. The lowest BCUT2D eigenvalue weighted by Gasteiger charge is -2.21. The van der Waals surface area contributed by atoms with Gasteiger partial charge in [0.25, 0.3) is 5.56 Å². The van der Waals surface area contributed by atoms with E-state index >= 15 is 0 Å². The molecule has 0 saturated heterocycles. The van der Waals surface area contributed by atoms with Crippen LogP contribution in [0.1, 0.15) is 24.9 Å². The van der Waals surface area contributed by atoms with Gasteiger partial charge < -0.3 is 14.6 Å². The molecule has 0 fully saturated rings. The van der Waals surface area contributed by atoms with E-state index in [9.17, 15) is 20.0 Å². The molecule has 0 aliphatic rings. The number of carboxylic acid groups (broad SMARTS) is 1. The van der Waals surface area contributed by atoms with Crippen molar-refractivity contribution < 1.29 is 19.4 Å². The smallest absolute Gasteiger partial charge is 0.326 e. The Morgan fingerprint density at radius 1 is 1.33 bits per heavy atom. The van der Waals surface area contributed by atoms with Gasteiger partial charge in [0.15, 0.2) is 0 Å². The summed E-state index contributed by atoms with van der Waals surface area (Å²) in [5.74, 6) is -0.902. The summed E-state index contributed by atoms with van der Waals surface area (Å²) in [6.45, 7) is 1.72. The number of ether oxygens (including phenoxy) is 2. The number of benzene rings is 1. The number of aromatic nitrogens is 1. The highest BCUT2D eigenvalue weighted by atomic mass is 35.5. The van der Waals surface area contributed by atoms with Crippen molar-refractivity contribution in [3.8, 4) is 22.9 Å². The second-order valence-electron chi connectivity index (χ2n) is 5.94. The topological polar surface area (TPSA) is 102 Å². The maximum atomic E-state index is 12.7. The van der Waals surface area contributed by atoms with Crippen molar-refractivity contribution in [1.29, 1.82) is 5.26 Å². The number of nitrogens with zero attached hydrogens (tertiary/aromatic N) is 2. The lowest BCUT2D eigenvalue weighted by molar-refractivity contribution is -0.142. The van der Waals surface area contributed by atoms with Gasteiger partial charge in [0.1, 0.15) is 11.8 Å². The van der Waals surface area contributed by atoms with Gasteiger partial charge in [-0.2, -0.15) is 5.26 Å². The summed E-state index contributed by atoms with van der Waals surface area (Å²) in [6, 6.07) is 6.85. The summed E-state index contributed by atoms with van der Waals surface area (Å²) in [6.07, 6.45) is 1.08. The monoisotopic (exact) mass is 390 g/mol. The molecule has 2 aromatic rings. The lowest BCUT2D eigenvalue weighted by atomic mass is 10.00. The fourth-order valence-electron chi connectivity index (χ4n) is 2.73. The molecule has 0 saturated carbocycles. The quantitative estimate of drug-likeness (QED) is 0.779. The number of aliphatic carboxylic acids is 1. The summed E-state index contributed by atoms with van der Waals surface area (Å²) >= 11 is 6.03. The van der Waals surface area contributed by atoms with Crippen LogP contribution in [0, 0.1) is 11.3 Å². The van der Waals surface area contributed by atoms with E-state index in [2.05, 4.69) is 0 Å². The van der Waals surface area contributed by atoms with Crippen LogP contribution in [-0.4, -0.2) is 36.0 Å². The molecule has 1 aromatic heterocycles. The molecule has 2 atom stereocenters. The normalized spacial score (nSPS) is 12.9. The predicted octanol–water partition coefficient (Wildman–Crippen LogP) is 3.10. The molecule has 0 aliphatic carbocycles. The lowest BCUT2D eigenvalue weighted by Crippen LogP contribution is -2.32. The number of hydrogen-bond acceptors (Lipinski definition) is 5. The summed E-state index contributed by atoms with van der Waals surface area (Å²) in [4.78, 5) is 24.4. The average molecular weight is 391 g/mol. The molecular formula is C19H19ClN2O5. The predicted molar refractivity (Wildman–Crippen MR) is 100 cm³/mol. The number of carbonyl (C=O) groups is 1. The number of pyridine rings is 1. The van der Waals surface area contributed by atoms with Crippen LogP contribution in [0.5, 0.6) is 5.75 Å². The van der Waals surface area contributed by atoms with Crippen LogP contribution in [0.25, 0.3) is 11.1 Å². The standard InChI is InChI=1S/C19H19ClN2O5/c1-11(26-2)6-16(19(24)25)22-10-17(27-3)15(8-18(22)23)14-7-13(20)5-4-12(14)9-21/h4-5,7-8,10-11,16H,6H2,1-3H3,(H,24,25)/t11-,16?/m0/s1. The second kappa shape index (κ2) is 8.71. The van der Waals surface area contributed by atoms with Gasteiger partial charge in [-0.1, -0.05) is 11.6 Å². The van der Waals surface area contributed by atoms with E-state index in [1.807, 2.05) is 6.07 Å². The first-order valence-corrected chi connectivity index (χ1v) is 8.46. The van der Waals surface area contributed by atoms with Gasteiger partial charge in [-0.3, -0.25) is 9.36 Å². The molecule has 142 valence electrons. The Bertz CT molecular complexity index is 948. The van der Waals surface area contributed by atoms with Gasteiger partial charge in [-0.25, -0.2) is 4.79 Å². The van der Waals surface area contributed by atoms with Gasteiger partial charge in [-0.15, -0.1) is 0 Å². The number of carboxylic acids is 1. The molecule has 1 heterocycles. The van der Waals surface area contributed by atoms with Crippen molar-refractivity contribution in [3.63, 3.8) is 0 Å². The van der Waals surface area contributed by atoms with Gasteiger partial charge in [0.2, 0.25) is 0 Å². The number of hydrogen-bond donors (Lipinski definition) is 1. The first kappa shape index (κ1) is 20.5. The minimum Gasteiger partial charge on any atom is -0.495 e. The molecule has 27 heavy (non-hydrogen) atoms. The van der Waals surface area contributed by atoms with E-state index in [1.165, 1.54) is 26.5 Å². The van der Waals surface area contributed by atoms with Crippen LogP contribution in [-0.2, 0) is 9.53 Å². The summed E-state index contributed by atoms with van der Waals surface area (Å²) in [7, 11) is 2.87. The summed E-state index contributed by atoms with van der Waals surface area (Å²) < 4.78 is 11.6. The van der Waals surface area contributed by atoms with Gasteiger partial charge in [-0.05, 0) is 25.1 Å². The molecule has 7 nitrogen and oxygen atoms in total. The van der Waals surface area contributed by atoms with E-state index in [0.717, 1.165) is 4.57 Å². The molecule has 8 heteroatoms. The minimum atomic E-state index is -1.16. The van der Waals surface area contributed by atoms with Crippen LogP contribution in [0.3, 0.4) is 0 Å². The maximum Gasteiger partial charge on any atom is 0.326 e. The van der Waals surface area contributed by atoms with Crippen molar-refractivity contribution in [2.75, 3.05) is 14.2 Å². The third-order valence-electron chi connectivity index (χ3n) is 4.23. The fourth-order valence-corrected chi connectivity index (χ4v) is 2.90. The third-order valence-corrected chi connectivity index (χ3v) is 4.47. The summed E-state index contributed by atoms with van der Waals surface area (Å²) in [5, 5.41) is 19.3. The van der Waals surface area contributed by atoms with Crippen molar-refractivity contribution >= 4 is 17.6 Å². The Morgan fingerprint density at radius 3 is 2.59 bits per heavy atom. The maximum absolute atomic E-state index is 12.7.